The van der Waals surface area contributed by atoms with Crippen LogP contribution in [0.15, 0.2) is 24.3 Å². The third-order valence-electron chi connectivity index (χ3n) is 4.36. The predicted octanol–water partition coefficient (Wildman–Crippen LogP) is 0.716. The molecule has 0 aliphatic carbocycles. The first-order valence-electron chi connectivity index (χ1n) is 8.01. The molecule has 0 aromatic heterocycles. The van der Waals surface area contributed by atoms with Crippen LogP contribution in [0.4, 0.5) is 4.39 Å². The van der Waals surface area contributed by atoms with Gasteiger partial charge in [-0.1, -0.05) is 19.1 Å². The van der Waals surface area contributed by atoms with Crippen LogP contribution in [0, 0.1) is 17.7 Å². The van der Waals surface area contributed by atoms with Crippen LogP contribution in [-0.4, -0.2) is 61.4 Å². The lowest BCUT2D eigenvalue weighted by Crippen LogP contribution is -2.39. The van der Waals surface area contributed by atoms with Crippen LogP contribution in [-0.2, 0) is 9.59 Å². The van der Waals surface area contributed by atoms with E-state index in [2.05, 4.69) is 0 Å². The first kappa shape index (κ1) is 18.2. The summed E-state index contributed by atoms with van der Waals surface area (Å²) in [5.41, 5.74) is 5.37. The monoisotopic (exact) mass is 337 g/mol. The van der Waals surface area contributed by atoms with Gasteiger partial charge in [-0.05, 0) is 18.1 Å². The molecule has 2 atom stereocenters. The molecule has 1 aliphatic heterocycles. The van der Waals surface area contributed by atoms with Gasteiger partial charge in [0.15, 0.2) is 11.6 Å². The number of carbonyl (C=O) groups is 2. The van der Waals surface area contributed by atoms with Crippen LogP contribution < -0.4 is 10.5 Å². The van der Waals surface area contributed by atoms with Gasteiger partial charge in [0.2, 0.25) is 11.8 Å². The Morgan fingerprint density at radius 1 is 1.38 bits per heavy atom. The molecule has 1 heterocycles. The molecule has 2 N–H and O–H groups in total. The van der Waals surface area contributed by atoms with Crippen molar-refractivity contribution in [3.63, 3.8) is 0 Å². The molecule has 7 heteroatoms. The van der Waals surface area contributed by atoms with Gasteiger partial charge < -0.3 is 15.4 Å². The fraction of sp³-hybridized carbons (Fsp3) is 0.529. The van der Waals surface area contributed by atoms with Crippen molar-refractivity contribution >= 4 is 11.8 Å². The molecule has 0 bridgehead atoms. The number of carbonyl (C=O) groups excluding carboxylic acids is 2. The van der Waals surface area contributed by atoms with Gasteiger partial charge in [-0.2, -0.15) is 0 Å². The van der Waals surface area contributed by atoms with Crippen molar-refractivity contribution in [1.29, 1.82) is 0 Å². The highest BCUT2D eigenvalue weighted by atomic mass is 19.1. The predicted molar refractivity (Wildman–Crippen MR) is 87.8 cm³/mol. The van der Waals surface area contributed by atoms with Gasteiger partial charge in [0.05, 0.1) is 19.0 Å². The van der Waals surface area contributed by atoms with E-state index in [1.54, 1.807) is 30.1 Å². The maximum Gasteiger partial charge on any atom is 0.236 e. The van der Waals surface area contributed by atoms with Gasteiger partial charge in [-0.25, -0.2) is 4.39 Å². The van der Waals surface area contributed by atoms with E-state index >= 15 is 0 Å². The van der Waals surface area contributed by atoms with Crippen molar-refractivity contribution < 1.29 is 18.7 Å². The second-order valence-electron chi connectivity index (χ2n) is 6.27. The van der Waals surface area contributed by atoms with Gasteiger partial charge in [0.1, 0.15) is 6.61 Å². The molecule has 2 amide bonds. The number of rotatable bonds is 7. The summed E-state index contributed by atoms with van der Waals surface area (Å²) < 4.78 is 18.8. The fourth-order valence-electron chi connectivity index (χ4n) is 2.86. The lowest BCUT2D eigenvalue weighted by molar-refractivity contribution is -0.131. The number of halogens is 1. The number of nitrogens with zero attached hydrogens (tertiary/aromatic N) is 2. The minimum Gasteiger partial charge on any atom is -0.489 e. The molecule has 0 radical (unpaired) electrons. The standard InChI is InChI=1S/C17H24FN3O3/c1-12-9-21(10-13(12)17(19)23)11-16(22)20(2)7-8-24-15-6-4-3-5-14(15)18/h3-6,12-13H,7-11H2,1-2H3,(H2,19,23)/t12-,13-/m1/s1. The van der Waals surface area contributed by atoms with Crippen molar-refractivity contribution in [3.8, 4) is 5.75 Å². The Kier molecular flexibility index (Phi) is 6.14. The zero-order valence-corrected chi connectivity index (χ0v) is 14.1. The summed E-state index contributed by atoms with van der Waals surface area (Å²) in [6, 6.07) is 6.16. The molecule has 6 nitrogen and oxygen atoms in total. The van der Waals surface area contributed by atoms with Crippen LogP contribution in [0.1, 0.15) is 6.92 Å². The second-order valence-corrected chi connectivity index (χ2v) is 6.27. The zero-order chi connectivity index (χ0) is 17.7. The first-order chi connectivity index (χ1) is 11.4. The summed E-state index contributed by atoms with van der Waals surface area (Å²) in [6.07, 6.45) is 0. The van der Waals surface area contributed by atoms with Gasteiger partial charge in [-0.3, -0.25) is 14.5 Å². The van der Waals surface area contributed by atoms with E-state index in [0.717, 1.165) is 0 Å². The van der Waals surface area contributed by atoms with E-state index in [4.69, 9.17) is 10.5 Å². The molecule has 1 aromatic rings. The average Bonchev–Trinajstić information content (AvgIpc) is 2.89. The van der Waals surface area contributed by atoms with Crippen LogP contribution in [0.5, 0.6) is 5.75 Å². The molecule has 1 saturated heterocycles. The number of likely N-dealkylation sites (N-methyl/N-ethyl adjacent to an activating group) is 1. The third-order valence-corrected chi connectivity index (χ3v) is 4.36. The van der Waals surface area contributed by atoms with E-state index in [1.807, 2.05) is 11.8 Å². The largest absolute Gasteiger partial charge is 0.489 e. The number of nitrogens with two attached hydrogens (primary N) is 1. The summed E-state index contributed by atoms with van der Waals surface area (Å²) in [5, 5.41) is 0. The molecule has 24 heavy (non-hydrogen) atoms. The number of ether oxygens (including phenoxy) is 1. The first-order valence-corrected chi connectivity index (χ1v) is 8.01. The fourth-order valence-corrected chi connectivity index (χ4v) is 2.86. The number of amides is 2. The summed E-state index contributed by atoms with van der Waals surface area (Å²) in [5.74, 6) is -0.669. The van der Waals surface area contributed by atoms with Crippen molar-refractivity contribution in [1.82, 2.24) is 9.80 Å². The Morgan fingerprint density at radius 2 is 2.08 bits per heavy atom. The van der Waals surface area contributed by atoms with E-state index in [9.17, 15) is 14.0 Å². The number of hydrogen-bond acceptors (Lipinski definition) is 4. The number of benzene rings is 1. The molecular weight excluding hydrogens is 313 g/mol. The minimum atomic E-state index is -0.421. The average molecular weight is 337 g/mol. The van der Waals surface area contributed by atoms with Gasteiger partial charge in [0, 0.05) is 20.1 Å². The van der Waals surface area contributed by atoms with E-state index in [-0.39, 0.29) is 42.6 Å². The van der Waals surface area contributed by atoms with E-state index in [0.29, 0.717) is 19.6 Å². The van der Waals surface area contributed by atoms with Crippen LogP contribution in [0.3, 0.4) is 0 Å². The maximum atomic E-state index is 13.4. The van der Waals surface area contributed by atoms with E-state index < -0.39 is 5.82 Å². The summed E-state index contributed by atoms with van der Waals surface area (Å²) in [7, 11) is 1.68. The number of hydrogen-bond donors (Lipinski definition) is 1. The lowest BCUT2D eigenvalue weighted by Gasteiger charge is -2.21. The molecule has 0 spiro atoms. The Labute approximate surface area is 141 Å². The number of primary amides is 1. The zero-order valence-electron chi connectivity index (χ0n) is 14.1. The highest BCUT2D eigenvalue weighted by molar-refractivity contribution is 5.79. The van der Waals surface area contributed by atoms with Gasteiger partial charge in [-0.15, -0.1) is 0 Å². The van der Waals surface area contributed by atoms with Crippen molar-refractivity contribution in [2.24, 2.45) is 17.6 Å². The topological polar surface area (TPSA) is 75.9 Å². The molecule has 1 aliphatic rings. The molecule has 0 unspecified atom stereocenters. The number of likely N-dealkylation sites (tertiary alicyclic amines) is 1. The maximum absolute atomic E-state index is 13.4. The van der Waals surface area contributed by atoms with E-state index in [1.165, 1.54) is 6.07 Å². The quantitative estimate of drug-likeness (QED) is 0.795. The molecule has 0 saturated carbocycles. The molecule has 2 rings (SSSR count). The highest BCUT2D eigenvalue weighted by Gasteiger charge is 2.34. The Balaban J connectivity index is 1.75. The molecule has 1 aromatic carbocycles. The lowest BCUT2D eigenvalue weighted by atomic mass is 9.98. The van der Waals surface area contributed by atoms with Gasteiger partial charge >= 0.3 is 0 Å². The summed E-state index contributed by atoms with van der Waals surface area (Å²) in [4.78, 5) is 27.0. The molecular formula is C17H24FN3O3. The third kappa shape index (κ3) is 4.67. The number of para-hydroxylation sites is 1. The van der Waals surface area contributed by atoms with Crippen LogP contribution in [0.2, 0.25) is 0 Å². The van der Waals surface area contributed by atoms with Crippen LogP contribution >= 0.6 is 0 Å². The Morgan fingerprint density at radius 3 is 2.71 bits per heavy atom. The Bertz CT molecular complexity index is 596. The van der Waals surface area contributed by atoms with Gasteiger partial charge in [0.25, 0.3) is 0 Å². The SMILES string of the molecule is C[C@@H]1CN(CC(=O)N(C)CCOc2ccccc2F)C[C@H]1C(N)=O. The smallest absolute Gasteiger partial charge is 0.236 e. The highest BCUT2D eigenvalue weighted by Crippen LogP contribution is 2.22. The summed E-state index contributed by atoms with van der Waals surface area (Å²) >= 11 is 0. The van der Waals surface area contributed by atoms with Crippen molar-refractivity contribution in [2.75, 3.05) is 39.8 Å². The summed E-state index contributed by atoms with van der Waals surface area (Å²) in [6.45, 7) is 3.97. The normalized spacial score (nSPS) is 20.8. The van der Waals surface area contributed by atoms with Crippen molar-refractivity contribution in [2.45, 2.75) is 6.92 Å². The van der Waals surface area contributed by atoms with Crippen LogP contribution in [0.25, 0.3) is 0 Å². The second kappa shape index (κ2) is 8.10. The van der Waals surface area contributed by atoms with Crippen molar-refractivity contribution in [3.05, 3.63) is 30.1 Å². The Hall–Kier alpha value is -2.15. The minimum absolute atomic E-state index is 0.0653. The molecule has 132 valence electrons. The molecule has 1 fully saturated rings.